The molecular formula is C10H7BrClN5O3. The van der Waals surface area contributed by atoms with Gasteiger partial charge in [0, 0.05) is 10.6 Å². The van der Waals surface area contributed by atoms with Gasteiger partial charge in [-0.3, -0.25) is 4.79 Å². The lowest BCUT2D eigenvalue weighted by Gasteiger charge is -2.02. The highest BCUT2D eigenvalue weighted by atomic mass is 79.9. The number of rotatable bonds is 3. The zero-order valence-corrected chi connectivity index (χ0v) is 12.0. The summed E-state index contributed by atoms with van der Waals surface area (Å²) in [5.41, 5.74) is 7.64. The first-order valence-corrected chi connectivity index (χ1v) is 6.25. The van der Waals surface area contributed by atoms with Crippen molar-refractivity contribution in [3.63, 3.8) is 0 Å². The molecule has 0 saturated heterocycles. The summed E-state index contributed by atoms with van der Waals surface area (Å²) in [6.07, 6.45) is 1.22. The van der Waals surface area contributed by atoms with Crippen LogP contribution >= 0.6 is 27.5 Å². The van der Waals surface area contributed by atoms with Crippen molar-refractivity contribution in [1.29, 1.82) is 0 Å². The summed E-state index contributed by atoms with van der Waals surface area (Å²) >= 11 is 8.96. The minimum atomic E-state index is -0.694. The monoisotopic (exact) mass is 359 g/mol. The molecule has 0 aliphatic rings. The molecule has 0 fully saturated rings. The van der Waals surface area contributed by atoms with E-state index >= 15 is 0 Å². The second kappa shape index (κ2) is 5.88. The Hall–Kier alpha value is -2.13. The number of hydrogen-bond acceptors (Lipinski definition) is 7. The van der Waals surface area contributed by atoms with E-state index in [-0.39, 0.29) is 17.3 Å². The molecule has 2 aromatic rings. The highest BCUT2D eigenvalue weighted by Gasteiger charge is 2.15. The third kappa shape index (κ3) is 3.06. The summed E-state index contributed by atoms with van der Waals surface area (Å²) in [6, 6.07) is 3.00. The Labute approximate surface area is 125 Å². The second-order valence-electron chi connectivity index (χ2n) is 3.52. The first kappa shape index (κ1) is 14.3. The fourth-order valence-corrected chi connectivity index (χ4v) is 2.08. The molecule has 0 aliphatic carbocycles. The Morgan fingerprint density at radius 2 is 2.30 bits per heavy atom. The predicted molar refractivity (Wildman–Crippen MR) is 74.6 cm³/mol. The van der Waals surface area contributed by atoms with E-state index in [4.69, 9.17) is 17.3 Å². The van der Waals surface area contributed by atoms with E-state index in [0.29, 0.717) is 15.1 Å². The minimum Gasteiger partial charge on any atom is -0.506 e. The number of nitrogens with one attached hydrogen (secondary N) is 1. The Bertz CT molecular complexity index is 688. The molecule has 104 valence electrons. The number of phenolic OH excluding ortho intramolecular Hbond substituents is 1. The summed E-state index contributed by atoms with van der Waals surface area (Å²) in [5.74, 6) is -0.901. The number of nitrogens with two attached hydrogens (primary N) is 1. The van der Waals surface area contributed by atoms with Gasteiger partial charge in [0.25, 0.3) is 5.91 Å². The molecule has 0 atom stereocenters. The lowest BCUT2D eigenvalue weighted by atomic mass is 10.2. The number of hydrazone groups is 1. The van der Waals surface area contributed by atoms with Crippen LogP contribution in [0, 0.1) is 0 Å². The number of halogens is 2. The van der Waals surface area contributed by atoms with Gasteiger partial charge in [0.05, 0.1) is 10.7 Å². The van der Waals surface area contributed by atoms with Crippen LogP contribution in [0.1, 0.15) is 16.1 Å². The van der Waals surface area contributed by atoms with E-state index < -0.39 is 5.91 Å². The van der Waals surface area contributed by atoms with Crippen molar-refractivity contribution in [3.05, 3.63) is 32.9 Å². The number of amides is 1. The molecule has 0 radical (unpaired) electrons. The van der Waals surface area contributed by atoms with E-state index in [9.17, 15) is 9.90 Å². The Balaban J connectivity index is 2.11. The summed E-state index contributed by atoms with van der Waals surface area (Å²) in [4.78, 5) is 11.6. The molecule has 1 aromatic carbocycles. The second-order valence-corrected chi connectivity index (χ2v) is 4.81. The Morgan fingerprint density at radius 1 is 1.55 bits per heavy atom. The number of nitrogens with zero attached hydrogens (tertiary/aromatic N) is 3. The molecule has 10 heteroatoms. The van der Waals surface area contributed by atoms with Crippen LogP contribution in [0.25, 0.3) is 0 Å². The number of aromatic hydroxyl groups is 1. The number of anilines is 1. The van der Waals surface area contributed by atoms with Crippen LogP contribution in [0.4, 0.5) is 5.82 Å². The SMILES string of the molecule is Nc1nonc1C(=O)N/N=C/c1cc(Cl)cc(Br)c1O. The third-order valence-corrected chi connectivity index (χ3v) is 2.98. The highest BCUT2D eigenvalue weighted by Crippen LogP contribution is 2.30. The third-order valence-electron chi connectivity index (χ3n) is 2.16. The van der Waals surface area contributed by atoms with E-state index in [1.807, 2.05) is 0 Å². The van der Waals surface area contributed by atoms with Gasteiger partial charge >= 0.3 is 0 Å². The average molecular weight is 361 g/mol. The molecule has 1 aromatic heterocycles. The predicted octanol–water partition coefficient (Wildman–Crippen LogP) is 1.54. The van der Waals surface area contributed by atoms with Gasteiger partial charge in [0.1, 0.15) is 5.75 Å². The molecule has 1 heterocycles. The lowest BCUT2D eigenvalue weighted by molar-refractivity contribution is 0.0946. The molecule has 2 rings (SSSR count). The number of nitrogen functional groups attached to an aromatic ring is 1. The van der Waals surface area contributed by atoms with Crippen molar-refractivity contribution in [2.75, 3.05) is 5.73 Å². The number of benzene rings is 1. The molecule has 0 bridgehead atoms. The molecule has 0 spiro atoms. The number of aromatic nitrogens is 2. The van der Waals surface area contributed by atoms with Crippen molar-refractivity contribution < 1.29 is 14.5 Å². The van der Waals surface area contributed by atoms with Crippen LogP contribution in [0.5, 0.6) is 5.75 Å². The van der Waals surface area contributed by atoms with Crippen LogP contribution in [0.3, 0.4) is 0 Å². The van der Waals surface area contributed by atoms with Crippen LogP contribution in [0.15, 0.2) is 26.3 Å². The van der Waals surface area contributed by atoms with E-state index in [1.165, 1.54) is 18.3 Å². The van der Waals surface area contributed by atoms with Crippen molar-refractivity contribution in [1.82, 2.24) is 15.7 Å². The normalized spacial score (nSPS) is 10.9. The number of carbonyl (C=O) groups is 1. The summed E-state index contributed by atoms with van der Waals surface area (Å²) in [7, 11) is 0. The van der Waals surface area contributed by atoms with Gasteiger partial charge in [-0.2, -0.15) is 5.10 Å². The van der Waals surface area contributed by atoms with Gasteiger partial charge in [-0.15, -0.1) is 0 Å². The maximum atomic E-state index is 11.6. The molecule has 0 saturated carbocycles. The lowest BCUT2D eigenvalue weighted by Crippen LogP contribution is -2.19. The first-order valence-electron chi connectivity index (χ1n) is 5.08. The number of hydrogen-bond donors (Lipinski definition) is 3. The standard InChI is InChI=1S/C10H7BrClN5O3/c11-6-2-5(12)1-4(8(6)18)3-14-15-10(19)7-9(13)17-20-16-7/h1-3,18H,(H2,13,17)(H,15,19)/b14-3+. The molecule has 0 unspecified atom stereocenters. The van der Waals surface area contributed by atoms with Crippen LogP contribution in [-0.4, -0.2) is 27.5 Å². The maximum absolute atomic E-state index is 11.6. The van der Waals surface area contributed by atoms with Gasteiger partial charge in [-0.1, -0.05) is 11.6 Å². The van der Waals surface area contributed by atoms with Crippen molar-refractivity contribution in [3.8, 4) is 5.75 Å². The van der Waals surface area contributed by atoms with Crippen LogP contribution in [0.2, 0.25) is 5.02 Å². The topological polar surface area (TPSA) is 127 Å². The van der Waals surface area contributed by atoms with E-state index in [0.717, 1.165) is 0 Å². The fraction of sp³-hybridized carbons (Fsp3) is 0. The molecule has 1 amide bonds. The number of carbonyl (C=O) groups excluding carboxylic acids is 1. The van der Waals surface area contributed by atoms with Crippen LogP contribution in [-0.2, 0) is 0 Å². The highest BCUT2D eigenvalue weighted by molar-refractivity contribution is 9.10. The average Bonchev–Trinajstić information content (AvgIpc) is 2.81. The van der Waals surface area contributed by atoms with Gasteiger partial charge < -0.3 is 10.8 Å². The summed E-state index contributed by atoms with van der Waals surface area (Å²) in [6.45, 7) is 0. The quantitative estimate of drug-likeness (QED) is 0.563. The van der Waals surface area contributed by atoms with Gasteiger partial charge in [-0.05, 0) is 38.4 Å². The Morgan fingerprint density at radius 3 is 2.95 bits per heavy atom. The van der Waals surface area contributed by atoms with Crippen molar-refractivity contribution in [2.45, 2.75) is 0 Å². The zero-order chi connectivity index (χ0) is 14.7. The molecular weight excluding hydrogens is 353 g/mol. The number of phenols is 1. The maximum Gasteiger partial charge on any atom is 0.297 e. The molecule has 20 heavy (non-hydrogen) atoms. The van der Waals surface area contributed by atoms with E-state index in [1.54, 1.807) is 0 Å². The van der Waals surface area contributed by atoms with Crippen LogP contribution < -0.4 is 11.2 Å². The molecule has 8 nitrogen and oxygen atoms in total. The molecule has 4 N–H and O–H groups in total. The van der Waals surface area contributed by atoms with Gasteiger partial charge in [0.15, 0.2) is 0 Å². The van der Waals surface area contributed by atoms with Crippen molar-refractivity contribution in [2.24, 2.45) is 5.10 Å². The van der Waals surface area contributed by atoms with Gasteiger partial charge in [0.2, 0.25) is 11.5 Å². The minimum absolute atomic E-state index is 0.0602. The van der Waals surface area contributed by atoms with Crippen molar-refractivity contribution >= 4 is 45.5 Å². The summed E-state index contributed by atoms with van der Waals surface area (Å²) < 4.78 is 4.69. The summed E-state index contributed by atoms with van der Waals surface area (Å²) in [5, 5.41) is 20.4. The van der Waals surface area contributed by atoms with E-state index in [2.05, 4.69) is 41.4 Å². The van der Waals surface area contributed by atoms with Gasteiger partial charge in [-0.25, -0.2) is 10.1 Å². The smallest absolute Gasteiger partial charge is 0.297 e. The fourth-order valence-electron chi connectivity index (χ4n) is 1.25. The molecule has 0 aliphatic heterocycles. The first-order chi connectivity index (χ1) is 9.49. The zero-order valence-electron chi connectivity index (χ0n) is 9.67. The Kier molecular flexibility index (Phi) is 4.20. The largest absolute Gasteiger partial charge is 0.506 e.